The Balaban J connectivity index is 1.50. The quantitative estimate of drug-likeness (QED) is 0.351. The number of nitrogens with zero attached hydrogens (tertiary/aromatic N) is 4. The fourth-order valence-electron chi connectivity index (χ4n) is 3.72. The monoisotopic (exact) mass is 432 g/mol. The van der Waals surface area contributed by atoms with Crippen LogP contribution < -0.4 is 10.1 Å². The average molecular weight is 432 g/mol. The van der Waals surface area contributed by atoms with Crippen molar-refractivity contribution in [3.8, 4) is 28.8 Å². The van der Waals surface area contributed by atoms with Gasteiger partial charge in [-0.1, -0.05) is 0 Å². The first-order valence-electron chi connectivity index (χ1n) is 10.4. The number of hydrogen-bond donors (Lipinski definition) is 2. The number of anilines is 2. The Bertz CT molecular complexity index is 1460. The van der Waals surface area contributed by atoms with Gasteiger partial charge in [0.25, 0.3) is 0 Å². The first-order chi connectivity index (χ1) is 16.1. The molecule has 0 atom stereocenters. The molecule has 160 valence electrons. The normalized spacial score (nSPS) is 10.7. The lowest BCUT2D eigenvalue weighted by molar-refractivity contribution is 0.461. The van der Waals surface area contributed by atoms with E-state index in [-0.39, 0.29) is 0 Å². The third kappa shape index (κ3) is 4.10. The van der Waals surface area contributed by atoms with E-state index in [1.54, 1.807) is 24.5 Å². The number of benzene rings is 2. The van der Waals surface area contributed by atoms with Gasteiger partial charge in [-0.15, -0.1) is 0 Å². The van der Waals surface area contributed by atoms with Gasteiger partial charge in [0, 0.05) is 24.3 Å². The Morgan fingerprint density at radius 2 is 1.64 bits per heavy atom. The lowest BCUT2D eigenvalue weighted by atomic mass is 10.0. The molecular weight excluding hydrogens is 412 g/mol. The first-order valence-corrected chi connectivity index (χ1v) is 10.4. The number of fused-ring (bicyclic) bond motifs is 1. The number of rotatable bonds is 5. The smallest absolute Gasteiger partial charge is 0.248 e. The van der Waals surface area contributed by atoms with Crippen LogP contribution in [0.4, 0.5) is 11.6 Å². The minimum Gasteiger partial charge on any atom is -0.436 e. The van der Waals surface area contributed by atoms with Crippen LogP contribution in [-0.2, 0) is 0 Å². The van der Waals surface area contributed by atoms with Gasteiger partial charge in [0.05, 0.1) is 17.1 Å². The Kier molecular flexibility index (Phi) is 5.17. The lowest BCUT2D eigenvalue weighted by Crippen LogP contribution is -2.01. The summed E-state index contributed by atoms with van der Waals surface area (Å²) < 4.78 is 6.34. The van der Waals surface area contributed by atoms with E-state index in [1.807, 2.05) is 50.4 Å². The van der Waals surface area contributed by atoms with Crippen LogP contribution in [0.2, 0.25) is 0 Å². The van der Waals surface area contributed by atoms with Gasteiger partial charge in [0.2, 0.25) is 11.8 Å². The van der Waals surface area contributed by atoms with Crippen molar-refractivity contribution in [2.45, 2.75) is 13.8 Å². The molecule has 7 heteroatoms. The Labute approximate surface area is 190 Å². The van der Waals surface area contributed by atoms with Crippen LogP contribution in [-0.4, -0.2) is 19.9 Å². The highest BCUT2D eigenvalue weighted by atomic mass is 16.5. The van der Waals surface area contributed by atoms with Crippen LogP contribution in [0.1, 0.15) is 16.7 Å². The summed E-state index contributed by atoms with van der Waals surface area (Å²) in [6.07, 6.45) is 5.38. The number of nitrogens with one attached hydrogen (secondary N) is 2. The summed E-state index contributed by atoms with van der Waals surface area (Å²) in [5.41, 5.74) is 7.04. The molecule has 5 rings (SSSR count). The number of aromatic amines is 1. The molecule has 0 aliphatic carbocycles. The highest BCUT2D eigenvalue weighted by molar-refractivity contribution is 5.82. The van der Waals surface area contributed by atoms with Crippen molar-refractivity contribution in [2.24, 2.45) is 0 Å². The Morgan fingerprint density at radius 3 is 2.33 bits per heavy atom. The van der Waals surface area contributed by atoms with Gasteiger partial charge in [-0.2, -0.15) is 10.2 Å². The number of H-pyrrole nitrogens is 1. The van der Waals surface area contributed by atoms with Gasteiger partial charge in [-0.3, -0.25) is 4.98 Å². The zero-order valence-corrected chi connectivity index (χ0v) is 18.1. The van der Waals surface area contributed by atoms with Crippen LogP contribution >= 0.6 is 0 Å². The van der Waals surface area contributed by atoms with E-state index in [4.69, 9.17) is 10.00 Å². The molecule has 2 N–H and O–H groups in total. The van der Waals surface area contributed by atoms with Crippen molar-refractivity contribution in [1.82, 2.24) is 19.9 Å². The van der Waals surface area contributed by atoms with Crippen molar-refractivity contribution in [3.63, 3.8) is 0 Å². The van der Waals surface area contributed by atoms with Gasteiger partial charge in [-0.05, 0) is 90.7 Å². The molecule has 0 radical (unpaired) electrons. The highest BCUT2D eigenvalue weighted by Gasteiger charge is 2.15. The molecule has 0 amide bonds. The third-order valence-electron chi connectivity index (χ3n) is 5.32. The zero-order chi connectivity index (χ0) is 22.8. The summed E-state index contributed by atoms with van der Waals surface area (Å²) in [7, 11) is 0. The summed E-state index contributed by atoms with van der Waals surface area (Å²) in [6, 6.07) is 19.3. The zero-order valence-electron chi connectivity index (χ0n) is 18.1. The van der Waals surface area contributed by atoms with Crippen molar-refractivity contribution in [2.75, 3.05) is 5.32 Å². The first kappa shape index (κ1) is 20.2. The van der Waals surface area contributed by atoms with E-state index in [1.165, 1.54) is 0 Å². The van der Waals surface area contributed by atoms with Gasteiger partial charge < -0.3 is 15.0 Å². The molecular formula is C26H20N6O. The molecule has 2 aromatic carbocycles. The predicted octanol–water partition coefficient (Wildman–Crippen LogP) is 6.04. The molecule has 33 heavy (non-hydrogen) atoms. The second-order valence-corrected chi connectivity index (χ2v) is 7.68. The number of ether oxygens (including phenoxy) is 1. The topological polar surface area (TPSA) is 99.5 Å². The molecule has 3 aromatic heterocycles. The van der Waals surface area contributed by atoms with E-state index < -0.39 is 0 Å². The van der Waals surface area contributed by atoms with Crippen molar-refractivity contribution in [3.05, 3.63) is 89.9 Å². The second-order valence-electron chi connectivity index (χ2n) is 7.68. The summed E-state index contributed by atoms with van der Waals surface area (Å²) in [6.45, 7) is 4.05. The van der Waals surface area contributed by atoms with Crippen molar-refractivity contribution < 1.29 is 4.74 Å². The molecule has 0 aliphatic heterocycles. The average Bonchev–Trinajstić information content (AvgIpc) is 3.31. The molecule has 0 spiro atoms. The molecule has 7 nitrogen and oxygen atoms in total. The van der Waals surface area contributed by atoms with Crippen molar-refractivity contribution >= 4 is 22.7 Å². The Hall–Kier alpha value is -4.70. The van der Waals surface area contributed by atoms with E-state index in [9.17, 15) is 0 Å². The summed E-state index contributed by atoms with van der Waals surface area (Å²) in [5, 5.41) is 12.2. The van der Waals surface area contributed by atoms with Gasteiger partial charge in [0.15, 0.2) is 0 Å². The van der Waals surface area contributed by atoms with Gasteiger partial charge in [-0.25, -0.2) is 4.98 Å². The number of pyridine rings is 1. The van der Waals surface area contributed by atoms with Crippen LogP contribution in [0.3, 0.4) is 0 Å². The minimum atomic E-state index is 0.408. The van der Waals surface area contributed by atoms with Crippen LogP contribution in [0.5, 0.6) is 11.6 Å². The number of aromatic nitrogens is 4. The van der Waals surface area contributed by atoms with Crippen LogP contribution in [0.15, 0.2) is 73.2 Å². The number of aryl methyl sites for hydroxylation is 2. The highest BCUT2D eigenvalue weighted by Crippen LogP contribution is 2.35. The summed E-state index contributed by atoms with van der Waals surface area (Å²) >= 11 is 0. The molecule has 3 heterocycles. The van der Waals surface area contributed by atoms with E-state index in [2.05, 4.69) is 43.5 Å². The van der Waals surface area contributed by atoms with E-state index in [0.717, 1.165) is 44.7 Å². The molecule has 0 bridgehead atoms. The van der Waals surface area contributed by atoms with Crippen LogP contribution in [0, 0.1) is 25.2 Å². The number of hydrogen-bond acceptors (Lipinski definition) is 6. The lowest BCUT2D eigenvalue weighted by Gasteiger charge is -2.15. The van der Waals surface area contributed by atoms with E-state index >= 15 is 0 Å². The minimum absolute atomic E-state index is 0.408. The maximum absolute atomic E-state index is 9.00. The molecule has 0 unspecified atom stereocenters. The second kappa shape index (κ2) is 8.44. The van der Waals surface area contributed by atoms with Gasteiger partial charge >= 0.3 is 0 Å². The molecule has 0 aliphatic rings. The van der Waals surface area contributed by atoms with Crippen LogP contribution in [0.25, 0.3) is 22.2 Å². The fourth-order valence-corrected chi connectivity index (χ4v) is 3.72. The molecule has 0 fully saturated rings. The number of nitriles is 1. The molecule has 0 saturated heterocycles. The SMILES string of the molecule is Cc1cc(-c2ccncc2)cc(C)c1Oc1nc(Nc2ccc(C#N)cc2)nc2cc[nH]c12. The summed E-state index contributed by atoms with van der Waals surface area (Å²) in [5.74, 6) is 1.60. The molecule has 0 saturated carbocycles. The Morgan fingerprint density at radius 1 is 0.909 bits per heavy atom. The van der Waals surface area contributed by atoms with E-state index in [0.29, 0.717) is 17.4 Å². The predicted molar refractivity (Wildman–Crippen MR) is 128 cm³/mol. The standard InChI is InChI=1S/C26H20N6O/c1-16-13-20(19-7-10-28-11-8-19)14-17(2)24(16)33-25-23-22(9-12-29-23)31-26(32-25)30-21-5-3-18(15-27)4-6-21/h3-14,29H,1-2H3,(H,30,31,32). The van der Waals surface area contributed by atoms with Gasteiger partial charge in [0.1, 0.15) is 11.3 Å². The maximum atomic E-state index is 9.00. The van der Waals surface area contributed by atoms with Crippen molar-refractivity contribution in [1.29, 1.82) is 5.26 Å². The fraction of sp³-hybridized carbons (Fsp3) is 0.0769. The summed E-state index contributed by atoms with van der Waals surface area (Å²) in [4.78, 5) is 16.5. The third-order valence-corrected chi connectivity index (χ3v) is 5.32. The largest absolute Gasteiger partial charge is 0.436 e. The molecule has 5 aromatic rings. The maximum Gasteiger partial charge on any atom is 0.248 e.